The Kier molecular flexibility index (Phi) is 5.44. The first-order valence-electron chi connectivity index (χ1n) is 8.82. The molecule has 0 spiro atoms. The number of ether oxygens (including phenoxy) is 1. The van der Waals surface area contributed by atoms with Gasteiger partial charge in [-0.1, -0.05) is 18.2 Å². The lowest BCUT2D eigenvalue weighted by Crippen LogP contribution is -2.27. The van der Waals surface area contributed by atoms with Crippen molar-refractivity contribution in [2.45, 2.75) is 26.4 Å². The number of anilines is 2. The van der Waals surface area contributed by atoms with E-state index in [1.165, 1.54) is 6.08 Å². The van der Waals surface area contributed by atoms with Crippen molar-refractivity contribution in [1.29, 1.82) is 0 Å². The molecule has 2 aromatic heterocycles. The fourth-order valence-electron chi connectivity index (χ4n) is 2.53. The summed E-state index contributed by atoms with van der Waals surface area (Å²) in [5.74, 6) is -0.329. The normalized spacial score (nSPS) is 11.5. The van der Waals surface area contributed by atoms with E-state index in [0.29, 0.717) is 11.4 Å². The van der Waals surface area contributed by atoms with E-state index < -0.39 is 11.7 Å². The van der Waals surface area contributed by atoms with Gasteiger partial charge in [-0.3, -0.25) is 10.1 Å². The van der Waals surface area contributed by atoms with Gasteiger partial charge in [0.2, 0.25) is 5.91 Å². The number of nitrogens with zero attached hydrogens (tertiary/aromatic N) is 2. The molecule has 2 heterocycles. The van der Waals surface area contributed by atoms with Crippen molar-refractivity contribution in [3.05, 3.63) is 66.6 Å². The lowest BCUT2D eigenvalue weighted by molar-refractivity contribution is -0.111. The van der Waals surface area contributed by atoms with Gasteiger partial charge >= 0.3 is 6.09 Å². The minimum Gasteiger partial charge on any atom is -0.444 e. The molecule has 144 valence electrons. The van der Waals surface area contributed by atoms with Crippen molar-refractivity contribution in [1.82, 2.24) is 9.38 Å². The van der Waals surface area contributed by atoms with Crippen LogP contribution in [0, 0.1) is 0 Å². The van der Waals surface area contributed by atoms with Crippen LogP contribution in [0.15, 0.2) is 60.9 Å². The molecule has 0 unspecified atom stereocenters. The van der Waals surface area contributed by atoms with Crippen LogP contribution in [0.2, 0.25) is 0 Å². The molecule has 2 amide bonds. The van der Waals surface area contributed by atoms with E-state index in [1.807, 2.05) is 28.8 Å². The van der Waals surface area contributed by atoms with Gasteiger partial charge in [-0.15, -0.1) is 0 Å². The fourth-order valence-corrected chi connectivity index (χ4v) is 2.53. The number of nitrogens with one attached hydrogen (secondary N) is 2. The molecule has 1 aromatic carbocycles. The predicted octanol–water partition coefficient (Wildman–Crippen LogP) is 4.33. The number of carbonyl (C=O) groups excluding carboxylic acids is 2. The molecule has 0 atom stereocenters. The monoisotopic (exact) mass is 378 g/mol. The number of para-hydroxylation sites is 2. The zero-order valence-corrected chi connectivity index (χ0v) is 16.0. The van der Waals surface area contributed by atoms with Crippen molar-refractivity contribution in [2.24, 2.45) is 0 Å². The van der Waals surface area contributed by atoms with Crippen molar-refractivity contribution in [2.75, 3.05) is 10.6 Å². The zero-order chi connectivity index (χ0) is 20.1. The van der Waals surface area contributed by atoms with Crippen LogP contribution in [-0.4, -0.2) is 27.0 Å². The molecule has 0 saturated carbocycles. The van der Waals surface area contributed by atoms with Crippen LogP contribution in [0.1, 0.15) is 26.5 Å². The zero-order valence-electron chi connectivity index (χ0n) is 16.0. The van der Waals surface area contributed by atoms with Crippen LogP contribution < -0.4 is 10.6 Å². The molecule has 7 nitrogen and oxygen atoms in total. The Hall–Kier alpha value is -3.61. The number of fused-ring (bicyclic) bond motifs is 1. The molecular weight excluding hydrogens is 356 g/mol. The van der Waals surface area contributed by atoms with Crippen LogP contribution in [0.5, 0.6) is 0 Å². The first kappa shape index (κ1) is 19.2. The predicted molar refractivity (Wildman–Crippen MR) is 109 cm³/mol. The molecule has 28 heavy (non-hydrogen) atoms. The van der Waals surface area contributed by atoms with E-state index in [2.05, 4.69) is 15.6 Å². The van der Waals surface area contributed by atoms with Gasteiger partial charge in [0, 0.05) is 12.3 Å². The van der Waals surface area contributed by atoms with Gasteiger partial charge in [0.05, 0.1) is 23.3 Å². The van der Waals surface area contributed by atoms with E-state index in [1.54, 1.807) is 57.3 Å². The number of hydrogen-bond acceptors (Lipinski definition) is 4. The Morgan fingerprint density at radius 2 is 1.71 bits per heavy atom. The van der Waals surface area contributed by atoms with Crippen LogP contribution in [-0.2, 0) is 9.53 Å². The van der Waals surface area contributed by atoms with Gasteiger partial charge < -0.3 is 14.5 Å². The Balaban J connectivity index is 1.70. The van der Waals surface area contributed by atoms with Crippen molar-refractivity contribution in [3.8, 4) is 0 Å². The Labute approximate surface area is 163 Å². The molecular formula is C21H22N4O3. The highest BCUT2D eigenvalue weighted by molar-refractivity contribution is 6.04. The number of rotatable bonds is 4. The Morgan fingerprint density at radius 1 is 1.04 bits per heavy atom. The summed E-state index contributed by atoms with van der Waals surface area (Å²) in [6.07, 6.45) is 6.08. The average Bonchev–Trinajstić information content (AvgIpc) is 3.03. The van der Waals surface area contributed by atoms with Gasteiger partial charge in [-0.2, -0.15) is 0 Å². The van der Waals surface area contributed by atoms with Gasteiger partial charge in [0.25, 0.3) is 0 Å². The maximum absolute atomic E-state index is 12.3. The molecule has 0 aliphatic heterocycles. The standard InChI is InChI=1S/C21H22N4O3/c1-21(2,3)28-20(27)24-17-9-5-4-8-16(17)23-19(26)12-11-15-14-22-18-10-6-7-13-25(15)18/h4-14H,1-3H3,(H,23,26)(H,24,27). The van der Waals surface area contributed by atoms with Gasteiger partial charge in [-0.05, 0) is 51.1 Å². The number of carbonyl (C=O) groups is 2. The van der Waals surface area contributed by atoms with Crippen LogP contribution in [0.3, 0.4) is 0 Å². The minimum atomic E-state index is -0.612. The van der Waals surface area contributed by atoms with Crippen LogP contribution in [0.4, 0.5) is 16.2 Å². The molecule has 2 N–H and O–H groups in total. The Morgan fingerprint density at radius 3 is 2.43 bits per heavy atom. The summed E-state index contributed by atoms with van der Waals surface area (Å²) in [4.78, 5) is 28.6. The lowest BCUT2D eigenvalue weighted by atomic mass is 10.2. The smallest absolute Gasteiger partial charge is 0.412 e. The largest absolute Gasteiger partial charge is 0.444 e. The topological polar surface area (TPSA) is 84.7 Å². The summed E-state index contributed by atoms with van der Waals surface area (Å²) in [5.41, 5.74) is 1.90. The van der Waals surface area contributed by atoms with Gasteiger partial charge in [0.15, 0.2) is 0 Å². The van der Waals surface area contributed by atoms with Crippen molar-refractivity contribution >= 4 is 35.1 Å². The molecule has 7 heteroatoms. The first-order chi connectivity index (χ1) is 13.3. The third-order valence-corrected chi connectivity index (χ3v) is 3.67. The molecule has 0 saturated heterocycles. The summed E-state index contributed by atoms with van der Waals surface area (Å²) in [6.45, 7) is 5.35. The molecule has 0 bridgehead atoms. The third-order valence-electron chi connectivity index (χ3n) is 3.67. The molecule has 3 rings (SSSR count). The first-order valence-corrected chi connectivity index (χ1v) is 8.82. The molecule has 3 aromatic rings. The van der Waals surface area contributed by atoms with Crippen LogP contribution >= 0.6 is 0 Å². The second-order valence-corrected chi connectivity index (χ2v) is 7.11. The highest BCUT2D eigenvalue weighted by Crippen LogP contribution is 2.22. The average molecular weight is 378 g/mol. The molecule has 0 aliphatic carbocycles. The van der Waals surface area contributed by atoms with Gasteiger partial charge in [0.1, 0.15) is 11.2 Å². The van der Waals surface area contributed by atoms with E-state index in [-0.39, 0.29) is 5.91 Å². The number of aromatic nitrogens is 2. The highest BCUT2D eigenvalue weighted by atomic mass is 16.6. The van der Waals surface area contributed by atoms with E-state index in [0.717, 1.165) is 11.3 Å². The highest BCUT2D eigenvalue weighted by Gasteiger charge is 2.17. The lowest BCUT2D eigenvalue weighted by Gasteiger charge is -2.20. The third kappa shape index (κ3) is 4.97. The number of pyridine rings is 1. The van der Waals surface area contributed by atoms with Gasteiger partial charge in [-0.25, -0.2) is 9.78 Å². The van der Waals surface area contributed by atoms with Crippen LogP contribution in [0.25, 0.3) is 11.7 Å². The fraction of sp³-hybridized carbons (Fsp3) is 0.190. The number of benzene rings is 1. The molecule has 0 fully saturated rings. The number of hydrogen-bond donors (Lipinski definition) is 2. The maximum atomic E-state index is 12.3. The second-order valence-electron chi connectivity index (χ2n) is 7.11. The summed E-state index contributed by atoms with van der Waals surface area (Å²) < 4.78 is 7.13. The summed E-state index contributed by atoms with van der Waals surface area (Å²) in [7, 11) is 0. The quantitative estimate of drug-likeness (QED) is 0.662. The maximum Gasteiger partial charge on any atom is 0.412 e. The number of imidazole rings is 1. The van der Waals surface area contributed by atoms with E-state index >= 15 is 0 Å². The molecule has 0 radical (unpaired) electrons. The Bertz CT molecular complexity index is 1030. The van der Waals surface area contributed by atoms with E-state index in [9.17, 15) is 9.59 Å². The van der Waals surface area contributed by atoms with E-state index in [4.69, 9.17) is 4.74 Å². The number of amides is 2. The summed E-state index contributed by atoms with van der Waals surface area (Å²) >= 11 is 0. The minimum absolute atomic E-state index is 0.329. The molecule has 0 aliphatic rings. The summed E-state index contributed by atoms with van der Waals surface area (Å²) in [5, 5.41) is 5.42. The van der Waals surface area contributed by atoms with Crippen molar-refractivity contribution < 1.29 is 14.3 Å². The summed E-state index contributed by atoms with van der Waals surface area (Å²) in [6, 6.07) is 12.6. The van der Waals surface area contributed by atoms with Crippen molar-refractivity contribution in [3.63, 3.8) is 0 Å². The second kappa shape index (κ2) is 7.96. The SMILES string of the molecule is CC(C)(C)OC(=O)Nc1ccccc1NC(=O)C=Cc1cnc2ccccn12.